The standard InChI is InChI=1S/C43H70O5/c1-3-5-7-9-11-13-15-17-19-21-23-25-27-29-31-33-35-37-42(45)47-40-41(39-44)48-43(46)38-36-34-32-30-28-26-24-22-20-18-16-14-12-10-8-6-4-2/h6,8,11-14,17-20,23-26,41,44H,3-5,7,9-10,15-16,21-22,27-40H2,1-2H3. The lowest BCUT2D eigenvalue weighted by atomic mass is 10.1. The van der Waals surface area contributed by atoms with Crippen molar-refractivity contribution in [2.45, 2.75) is 161 Å². The number of aliphatic hydroxyl groups is 1. The zero-order valence-electron chi connectivity index (χ0n) is 30.7. The molecule has 272 valence electrons. The summed E-state index contributed by atoms with van der Waals surface area (Å²) in [5, 5.41) is 9.54. The molecule has 0 aliphatic heterocycles. The number of carbonyl (C=O) groups is 2. The Hall–Kier alpha value is -2.92. The summed E-state index contributed by atoms with van der Waals surface area (Å²) >= 11 is 0. The topological polar surface area (TPSA) is 72.8 Å². The van der Waals surface area contributed by atoms with Crippen molar-refractivity contribution < 1.29 is 24.2 Å². The summed E-state index contributed by atoms with van der Waals surface area (Å²) in [7, 11) is 0. The molecule has 0 spiro atoms. The minimum atomic E-state index is -0.798. The van der Waals surface area contributed by atoms with Gasteiger partial charge in [-0.1, -0.05) is 137 Å². The summed E-state index contributed by atoms with van der Waals surface area (Å²) in [5.41, 5.74) is 0. The molecule has 5 heteroatoms. The zero-order chi connectivity index (χ0) is 35.0. The molecule has 0 amide bonds. The average Bonchev–Trinajstić information content (AvgIpc) is 3.09. The number of hydrogen-bond donors (Lipinski definition) is 1. The van der Waals surface area contributed by atoms with Crippen LogP contribution >= 0.6 is 0 Å². The van der Waals surface area contributed by atoms with E-state index in [1.165, 1.54) is 25.7 Å². The molecule has 0 saturated carbocycles. The molecule has 0 aliphatic carbocycles. The van der Waals surface area contributed by atoms with Crippen LogP contribution in [0.1, 0.15) is 155 Å². The minimum Gasteiger partial charge on any atom is -0.462 e. The number of esters is 2. The molecule has 1 unspecified atom stereocenters. The van der Waals surface area contributed by atoms with Gasteiger partial charge in [0.25, 0.3) is 0 Å². The SMILES string of the molecule is CCC=CCC=CCC=CCC=CCCCCCCC(=O)OC(CO)COC(=O)CCCCCCC=CCC=CCC=CCCCCC. The summed E-state index contributed by atoms with van der Waals surface area (Å²) in [4.78, 5) is 24.2. The molecular formula is C43H70O5. The second kappa shape index (κ2) is 38.5. The lowest BCUT2D eigenvalue weighted by Crippen LogP contribution is -2.28. The quantitative estimate of drug-likeness (QED) is 0.0429. The molecule has 1 N–H and O–H groups in total. The van der Waals surface area contributed by atoms with Crippen molar-refractivity contribution in [3.63, 3.8) is 0 Å². The lowest BCUT2D eigenvalue weighted by Gasteiger charge is -2.15. The zero-order valence-corrected chi connectivity index (χ0v) is 30.7. The largest absolute Gasteiger partial charge is 0.462 e. The first kappa shape index (κ1) is 45.1. The third kappa shape index (κ3) is 35.9. The number of rotatable bonds is 33. The molecule has 0 aliphatic rings. The maximum absolute atomic E-state index is 12.2. The van der Waals surface area contributed by atoms with Crippen LogP contribution in [0.15, 0.2) is 85.1 Å². The second-order valence-electron chi connectivity index (χ2n) is 12.3. The smallest absolute Gasteiger partial charge is 0.306 e. The normalized spacial score (nSPS) is 13.1. The average molecular weight is 667 g/mol. The Labute approximate surface area is 295 Å². The van der Waals surface area contributed by atoms with Crippen LogP contribution < -0.4 is 0 Å². The highest BCUT2D eigenvalue weighted by Gasteiger charge is 2.16. The van der Waals surface area contributed by atoms with Gasteiger partial charge < -0.3 is 14.6 Å². The van der Waals surface area contributed by atoms with Gasteiger partial charge in [0.05, 0.1) is 6.61 Å². The van der Waals surface area contributed by atoms with Gasteiger partial charge in [-0.3, -0.25) is 9.59 Å². The number of unbranched alkanes of at least 4 members (excludes halogenated alkanes) is 11. The van der Waals surface area contributed by atoms with E-state index in [4.69, 9.17) is 9.47 Å². The summed E-state index contributed by atoms with van der Waals surface area (Å²) in [5.74, 6) is -0.653. The third-order valence-corrected chi connectivity index (χ3v) is 7.67. The summed E-state index contributed by atoms with van der Waals surface area (Å²) in [6.45, 7) is 3.93. The van der Waals surface area contributed by atoms with Crippen molar-refractivity contribution in [1.82, 2.24) is 0 Å². The van der Waals surface area contributed by atoms with Crippen molar-refractivity contribution in [3.8, 4) is 0 Å². The molecule has 0 rings (SSSR count). The Bertz CT molecular complexity index is 937. The van der Waals surface area contributed by atoms with E-state index in [0.29, 0.717) is 12.8 Å². The Morgan fingerprint density at radius 3 is 1.33 bits per heavy atom. The van der Waals surface area contributed by atoms with Gasteiger partial charge in [-0.25, -0.2) is 0 Å². The Morgan fingerprint density at radius 1 is 0.500 bits per heavy atom. The number of hydrogen-bond acceptors (Lipinski definition) is 5. The van der Waals surface area contributed by atoms with E-state index in [0.717, 1.165) is 103 Å². The number of allylic oxidation sites excluding steroid dienone is 14. The molecule has 0 aromatic carbocycles. The van der Waals surface area contributed by atoms with E-state index >= 15 is 0 Å². The van der Waals surface area contributed by atoms with Crippen molar-refractivity contribution in [3.05, 3.63) is 85.1 Å². The van der Waals surface area contributed by atoms with Crippen molar-refractivity contribution in [2.24, 2.45) is 0 Å². The van der Waals surface area contributed by atoms with E-state index in [1.807, 2.05) is 0 Å². The van der Waals surface area contributed by atoms with Gasteiger partial charge >= 0.3 is 11.9 Å². The fourth-order valence-electron chi connectivity index (χ4n) is 4.78. The Morgan fingerprint density at radius 2 is 0.896 bits per heavy atom. The van der Waals surface area contributed by atoms with Gasteiger partial charge in [0.15, 0.2) is 6.10 Å². The highest BCUT2D eigenvalue weighted by molar-refractivity contribution is 5.70. The molecule has 0 bridgehead atoms. The molecule has 0 saturated heterocycles. The summed E-state index contributed by atoms with van der Waals surface area (Å²) in [6, 6.07) is 0. The van der Waals surface area contributed by atoms with Crippen molar-refractivity contribution in [2.75, 3.05) is 13.2 Å². The molecular weight excluding hydrogens is 596 g/mol. The van der Waals surface area contributed by atoms with Crippen LogP contribution in [0.2, 0.25) is 0 Å². The highest BCUT2D eigenvalue weighted by atomic mass is 16.6. The number of carbonyl (C=O) groups excluding carboxylic acids is 2. The van der Waals surface area contributed by atoms with Crippen LogP contribution in [-0.4, -0.2) is 36.4 Å². The fourth-order valence-corrected chi connectivity index (χ4v) is 4.78. The van der Waals surface area contributed by atoms with Gasteiger partial charge in [-0.2, -0.15) is 0 Å². The predicted molar refractivity (Wildman–Crippen MR) is 205 cm³/mol. The first-order valence-corrected chi connectivity index (χ1v) is 19.1. The molecule has 0 fully saturated rings. The van der Waals surface area contributed by atoms with E-state index < -0.39 is 6.10 Å². The Balaban J connectivity index is 3.69. The summed E-state index contributed by atoms with van der Waals surface area (Å²) in [6.07, 6.45) is 52.0. The Kier molecular flexibility index (Phi) is 36.2. The maximum Gasteiger partial charge on any atom is 0.306 e. The lowest BCUT2D eigenvalue weighted by molar-refractivity contribution is -0.161. The fraction of sp³-hybridized carbons (Fsp3) is 0.628. The van der Waals surface area contributed by atoms with E-state index in [9.17, 15) is 14.7 Å². The van der Waals surface area contributed by atoms with E-state index in [-0.39, 0.29) is 25.2 Å². The number of aliphatic hydroxyl groups excluding tert-OH is 1. The molecule has 0 aromatic heterocycles. The van der Waals surface area contributed by atoms with Crippen LogP contribution in [0, 0.1) is 0 Å². The number of ether oxygens (including phenoxy) is 2. The van der Waals surface area contributed by atoms with Crippen LogP contribution in [-0.2, 0) is 19.1 Å². The molecule has 0 radical (unpaired) electrons. The maximum atomic E-state index is 12.2. The minimum absolute atomic E-state index is 0.0928. The second-order valence-corrected chi connectivity index (χ2v) is 12.3. The van der Waals surface area contributed by atoms with E-state index in [1.54, 1.807) is 0 Å². The third-order valence-electron chi connectivity index (χ3n) is 7.67. The van der Waals surface area contributed by atoms with Gasteiger partial charge in [0, 0.05) is 12.8 Å². The molecule has 0 aromatic rings. The molecule has 5 nitrogen and oxygen atoms in total. The van der Waals surface area contributed by atoms with Crippen LogP contribution in [0.3, 0.4) is 0 Å². The van der Waals surface area contributed by atoms with Gasteiger partial charge in [-0.05, 0) is 89.9 Å². The van der Waals surface area contributed by atoms with Crippen molar-refractivity contribution in [1.29, 1.82) is 0 Å². The molecule has 1 atom stereocenters. The first-order valence-electron chi connectivity index (χ1n) is 19.1. The predicted octanol–water partition coefficient (Wildman–Crippen LogP) is 11.9. The molecule has 48 heavy (non-hydrogen) atoms. The van der Waals surface area contributed by atoms with Crippen molar-refractivity contribution >= 4 is 11.9 Å². The summed E-state index contributed by atoms with van der Waals surface area (Å²) < 4.78 is 10.6. The van der Waals surface area contributed by atoms with Gasteiger partial charge in [-0.15, -0.1) is 0 Å². The van der Waals surface area contributed by atoms with Crippen LogP contribution in [0.4, 0.5) is 0 Å². The van der Waals surface area contributed by atoms with Gasteiger partial charge in [0.1, 0.15) is 6.61 Å². The van der Waals surface area contributed by atoms with Crippen LogP contribution in [0.5, 0.6) is 0 Å². The molecule has 0 heterocycles. The highest BCUT2D eigenvalue weighted by Crippen LogP contribution is 2.10. The monoisotopic (exact) mass is 667 g/mol. The van der Waals surface area contributed by atoms with Gasteiger partial charge in [0.2, 0.25) is 0 Å². The van der Waals surface area contributed by atoms with Crippen LogP contribution in [0.25, 0.3) is 0 Å². The first-order chi connectivity index (χ1) is 23.6. The van der Waals surface area contributed by atoms with E-state index in [2.05, 4.69) is 98.9 Å².